The van der Waals surface area contributed by atoms with E-state index < -0.39 is 10.0 Å². The van der Waals surface area contributed by atoms with E-state index in [-0.39, 0.29) is 0 Å². The summed E-state index contributed by atoms with van der Waals surface area (Å²) in [4.78, 5) is 6.79. The first-order chi connectivity index (χ1) is 12.4. The van der Waals surface area contributed by atoms with E-state index >= 15 is 0 Å². The first-order valence-electron chi connectivity index (χ1n) is 8.70. The van der Waals surface area contributed by atoms with Crippen molar-refractivity contribution in [1.29, 1.82) is 0 Å². The van der Waals surface area contributed by atoms with E-state index in [0.29, 0.717) is 24.0 Å². The molecule has 2 aromatic rings. The van der Waals surface area contributed by atoms with Crippen molar-refractivity contribution in [3.63, 3.8) is 0 Å². The van der Waals surface area contributed by atoms with E-state index in [1.165, 1.54) is 6.26 Å². The number of pyridine rings is 1. The molecule has 1 N–H and O–H groups in total. The molecule has 0 spiro atoms. The van der Waals surface area contributed by atoms with Gasteiger partial charge in [-0.15, -0.1) is 0 Å². The van der Waals surface area contributed by atoms with Gasteiger partial charge in [0, 0.05) is 25.7 Å². The molecular weight excluding hydrogens is 356 g/mol. The van der Waals surface area contributed by atoms with Gasteiger partial charge in [-0.05, 0) is 25.2 Å². The van der Waals surface area contributed by atoms with Gasteiger partial charge in [-0.2, -0.15) is 0 Å². The Hall–Kier alpha value is -2.00. The molecule has 1 fully saturated rings. The molecule has 0 unspecified atom stereocenters. The standard InChI is InChI=1S/C17H26N4O4S/c1-24-14-10-16-18-11-17(21(16)12-15(14)25-2)20-8-5-13(6-9-20)4-7-19-26(3,22)23/h10-13,19H,4-9H2,1-3H3. The minimum absolute atomic E-state index is 0.510. The largest absolute Gasteiger partial charge is 0.493 e. The Bertz CT molecular complexity index is 857. The summed E-state index contributed by atoms with van der Waals surface area (Å²) in [5.74, 6) is 2.90. The summed E-state index contributed by atoms with van der Waals surface area (Å²) >= 11 is 0. The van der Waals surface area contributed by atoms with Gasteiger partial charge in [0.25, 0.3) is 0 Å². The second kappa shape index (κ2) is 7.71. The minimum Gasteiger partial charge on any atom is -0.493 e. The summed E-state index contributed by atoms with van der Waals surface area (Å²) in [6, 6.07) is 1.87. The van der Waals surface area contributed by atoms with Crippen molar-refractivity contribution in [2.45, 2.75) is 19.3 Å². The number of anilines is 1. The van der Waals surface area contributed by atoms with Crippen LogP contribution in [0.2, 0.25) is 0 Å². The third-order valence-corrected chi connectivity index (χ3v) is 5.58. The smallest absolute Gasteiger partial charge is 0.208 e. The summed E-state index contributed by atoms with van der Waals surface area (Å²) in [5, 5.41) is 0. The van der Waals surface area contributed by atoms with Gasteiger partial charge in [0.1, 0.15) is 11.5 Å². The van der Waals surface area contributed by atoms with Crippen LogP contribution in [0.3, 0.4) is 0 Å². The van der Waals surface area contributed by atoms with Crippen LogP contribution in [0.25, 0.3) is 5.65 Å². The summed E-state index contributed by atoms with van der Waals surface area (Å²) in [5.41, 5.74) is 0.817. The van der Waals surface area contributed by atoms with Crippen molar-refractivity contribution in [3.05, 3.63) is 18.5 Å². The molecule has 0 aromatic carbocycles. The molecule has 1 aliphatic rings. The molecule has 3 rings (SSSR count). The lowest BCUT2D eigenvalue weighted by Gasteiger charge is -2.33. The van der Waals surface area contributed by atoms with E-state index in [2.05, 4.69) is 14.6 Å². The summed E-state index contributed by atoms with van der Waals surface area (Å²) < 4.78 is 37.6. The maximum atomic E-state index is 11.2. The average molecular weight is 382 g/mol. The van der Waals surface area contributed by atoms with Crippen LogP contribution in [0.15, 0.2) is 18.5 Å². The van der Waals surface area contributed by atoms with Crippen LogP contribution in [0.4, 0.5) is 5.82 Å². The third-order valence-electron chi connectivity index (χ3n) is 4.85. The van der Waals surface area contributed by atoms with Gasteiger partial charge in [0.2, 0.25) is 10.0 Å². The average Bonchev–Trinajstić information content (AvgIpc) is 3.02. The summed E-state index contributed by atoms with van der Waals surface area (Å²) in [7, 11) is 0.132. The molecule has 0 saturated carbocycles. The molecule has 0 radical (unpaired) electrons. The number of aromatic nitrogens is 2. The highest BCUT2D eigenvalue weighted by Crippen LogP contribution is 2.32. The zero-order chi connectivity index (χ0) is 18.7. The first-order valence-corrected chi connectivity index (χ1v) is 10.6. The predicted octanol–water partition coefficient (Wildman–Crippen LogP) is 1.51. The van der Waals surface area contributed by atoms with Crippen LogP contribution in [-0.4, -0.2) is 57.9 Å². The fraction of sp³-hybridized carbons (Fsp3) is 0.588. The number of ether oxygens (including phenoxy) is 2. The van der Waals surface area contributed by atoms with Crippen molar-refractivity contribution in [2.75, 3.05) is 45.0 Å². The van der Waals surface area contributed by atoms with E-state index in [1.807, 2.05) is 22.9 Å². The number of hydrogen-bond acceptors (Lipinski definition) is 6. The van der Waals surface area contributed by atoms with Crippen LogP contribution < -0.4 is 19.1 Å². The van der Waals surface area contributed by atoms with Gasteiger partial charge in [-0.3, -0.25) is 4.40 Å². The first kappa shape index (κ1) is 18.8. The predicted molar refractivity (Wildman–Crippen MR) is 101 cm³/mol. The lowest BCUT2D eigenvalue weighted by Crippen LogP contribution is -2.35. The molecule has 2 aromatic heterocycles. The monoisotopic (exact) mass is 382 g/mol. The molecule has 0 atom stereocenters. The van der Waals surface area contributed by atoms with Gasteiger partial charge in [-0.25, -0.2) is 18.1 Å². The highest BCUT2D eigenvalue weighted by atomic mass is 32.2. The number of hydrogen-bond donors (Lipinski definition) is 1. The Morgan fingerprint density at radius 3 is 2.54 bits per heavy atom. The van der Waals surface area contributed by atoms with Crippen LogP contribution in [0, 0.1) is 5.92 Å². The normalized spacial score (nSPS) is 16.2. The highest BCUT2D eigenvalue weighted by molar-refractivity contribution is 7.88. The van der Waals surface area contributed by atoms with E-state index in [1.54, 1.807) is 14.2 Å². The second-order valence-corrected chi connectivity index (χ2v) is 8.47. The molecule has 26 heavy (non-hydrogen) atoms. The molecule has 0 aliphatic carbocycles. The lowest BCUT2D eigenvalue weighted by atomic mass is 9.94. The Labute approximate surface area is 154 Å². The van der Waals surface area contributed by atoms with Crippen molar-refractivity contribution in [1.82, 2.24) is 14.1 Å². The summed E-state index contributed by atoms with van der Waals surface area (Å²) in [6.45, 7) is 2.35. The topological polar surface area (TPSA) is 85.2 Å². The minimum atomic E-state index is -3.10. The van der Waals surface area contributed by atoms with Gasteiger partial charge < -0.3 is 14.4 Å². The fourth-order valence-corrected chi connectivity index (χ4v) is 3.91. The Kier molecular flexibility index (Phi) is 5.57. The third kappa shape index (κ3) is 4.21. The number of sulfonamides is 1. The maximum absolute atomic E-state index is 11.2. The highest BCUT2D eigenvalue weighted by Gasteiger charge is 2.22. The summed E-state index contributed by atoms with van der Waals surface area (Å²) in [6.07, 6.45) is 7.92. The van der Waals surface area contributed by atoms with Crippen LogP contribution >= 0.6 is 0 Å². The number of methoxy groups -OCH3 is 2. The molecule has 0 bridgehead atoms. The molecular formula is C17H26N4O4S. The van der Waals surface area contributed by atoms with Gasteiger partial charge in [0.05, 0.1) is 32.9 Å². The number of imidazole rings is 1. The zero-order valence-corrected chi connectivity index (χ0v) is 16.3. The number of nitrogens with one attached hydrogen (secondary N) is 1. The van der Waals surface area contributed by atoms with Crippen LogP contribution in [0.1, 0.15) is 19.3 Å². The lowest BCUT2D eigenvalue weighted by molar-refractivity contribution is 0.353. The van der Waals surface area contributed by atoms with E-state index in [0.717, 1.165) is 43.8 Å². The number of rotatable bonds is 7. The second-order valence-electron chi connectivity index (χ2n) is 6.64. The van der Waals surface area contributed by atoms with Crippen molar-refractivity contribution in [3.8, 4) is 11.5 Å². The Morgan fingerprint density at radius 1 is 1.23 bits per heavy atom. The number of fused-ring (bicyclic) bond motifs is 1. The molecule has 1 aliphatic heterocycles. The zero-order valence-electron chi connectivity index (χ0n) is 15.4. The van der Waals surface area contributed by atoms with E-state index in [9.17, 15) is 8.42 Å². The SMILES string of the molecule is COc1cc2ncc(N3CCC(CCNS(C)(=O)=O)CC3)n2cc1OC. The Morgan fingerprint density at radius 2 is 1.92 bits per heavy atom. The van der Waals surface area contributed by atoms with Gasteiger partial charge in [-0.1, -0.05) is 0 Å². The Balaban J connectivity index is 1.66. The molecule has 144 valence electrons. The van der Waals surface area contributed by atoms with Crippen molar-refractivity contribution < 1.29 is 17.9 Å². The van der Waals surface area contributed by atoms with Crippen LogP contribution in [0.5, 0.6) is 11.5 Å². The molecule has 9 heteroatoms. The molecule has 0 amide bonds. The van der Waals surface area contributed by atoms with Crippen molar-refractivity contribution in [2.24, 2.45) is 5.92 Å². The fourth-order valence-electron chi connectivity index (χ4n) is 3.42. The van der Waals surface area contributed by atoms with E-state index in [4.69, 9.17) is 9.47 Å². The van der Waals surface area contributed by atoms with Crippen molar-refractivity contribution >= 4 is 21.5 Å². The molecule has 3 heterocycles. The molecule has 1 saturated heterocycles. The van der Waals surface area contributed by atoms with Gasteiger partial charge >= 0.3 is 0 Å². The van der Waals surface area contributed by atoms with Gasteiger partial charge in [0.15, 0.2) is 11.5 Å². The maximum Gasteiger partial charge on any atom is 0.208 e. The molecule has 8 nitrogen and oxygen atoms in total. The number of nitrogens with zero attached hydrogens (tertiary/aromatic N) is 3. The van der Waals surface area contributed by atoms with Crippen LogP contribution in [-0.2, 0) is 10.0 Å². The number of piperidine rings is 1. The quantitative estimate of drug-likeness (QED) is 0.781.